The maximum absolute atomic E-state index is 12.7. The van der Waals surface area contributed by atoms with E-state index in [0.717, 1.165) is 0 Å². The molecule has 3 rings (SSSR count). The topological polar surface area (TPSA) is 56.1 Å². The fraction of sp³-hybridized carbons (Fsp3) is 0.200. The van der Waals surface area contributed by atoms with Crippen molar-refractivity contribution in [1.29, 1.82) is 0 Å². The van der Waals surface area contributed by atoms with Crippen molar-refractivity contribution in [3.8, 4) is 11.4 Å². The summed E-state index contributed by atoms with van der Waals surface area (Å²) in [5, 5.41) is 3.60. The van der Waals surface area contributed by atoms with E-state index in [-0.39, 0.29) is 11.5 Å². The van der Waals surface area contributed by atoms with E-state index < -0.39 is 0 Å². The summed E-state index contributed by atoms with van der Waals surface area (Å²) < 4.78 is 6.66. The Kier molecular flexibility index (Phi) is 5.58. The third kappa shape index (κ3) is 3.89. The van der Waals surface area contributed by atoms with E-state index in [1.807, 2.05) is 18.2 Å². The van der Waals surface area contributed by atoms with Crippen LogP contribution in [0.15, 0.2) is 65.7 Å². The van der Waals surface area contributed by atoms with Crippen LogP contribution in [0.4, 0.5) is 5.82 Å². The second-order valence-electron chi connectivity index (χ2n) is 5.96. The van der Waals surface area contributed by atoms with Crippen molar-refractivity contribution in [3.63, 3.8) is 0 Å². The number of rotatable bonds is 6. The van der Waals surface area contributed by atoms with Crippen LogP contribution in [0.2, 0.25) is 5.02 Å². The van der Waals surface area contributed by atoms with Gasteiger partial charge in [-0.25, -0.2) is 4.98 Å². The average molecular weight is 370 g/mol. The molecule has 0 saturated carbocycles. The molecule has 0 spiro atoms. The second kappa shape index (κ2) is 8.06. The molecule has 0 radical (unpaired) electrons. The third-order valence-corrected chi connectivity index (χ3v) is 4.49. The molecular formula is C20H20ClN3O2. The smallest absolute Gasteiger partial charge is 0.297 e. The van der Waals surface area contributed by atoms with Gasteiger partial charge in [0.25, 0.3) is 5.56 Å². The molecule has 1 atom stereocenters. The fourth-order valence-electron chi connectivity index (χ4n) is 2.69. The first kappa shape index (κ1) is 18.0. The number of aromatic nitrogens is 2. The Labute approximate surface area is 157 Å². The van der Waals surface area contributed by atoms with Gasteiger partial charge in [0, 0.05) is 18.9 Å². The van der Waals surface area contributed by atoms with Gasteiger partial charge in [0.2, 0.25) is 0 Å². The highest BCUT2D eigenvalue weighted by atomic mass is 35.5. The number of hydrogen-bond donors (Lipinski definition) is 1. The first-order chi connectivity index (χ1) is 12.6. The van der Waals surface area contributed by atoms with Crippen LogP contribution >= 0.6 is 11.6 Å². The Morgan fingerprint density at radius 3 is 2.69 bits per heavy atom. The van der Waals surface area contributed by atoms with Crippen molar-refractivity contribution in [2.75, 3.05) is 19.0 Å². The van der Waals surface area contributed by atoms with Crippen LogP contribution in [-0.4, -0.2) is 23.2 Å². The molecule has 0 fully saturated rings. The number of ether oxygens (including phenoxy) is 1. The van der Waals surface area contributed by atoms with Crippen LogP contribution in [-0.2, 0) is 0 Å². The van der Waals surface area contributed by atoms with E-state index in [9.17, 15) is 4.79 Å². The lowest BCUT2D eigenvalue weighted by Crippen LogP contribution is -2.24. The molecule has 26 heavy (non-hydrogen) atoms. The molecule has 0 saturated heterocycles. The van der Waals surface area contributed by atoms with Gasteiger partial charge in [-0.05, 0) is 29.7 Å². The van der Waals surface area contributed by atoms with Gasteiger partial charge < -0.3 is 10.1 Å². The standard InChI is InChI=1S/C20H20ClN3O2/c1-14(15-6-4-3-5-7-15)13-23-19-20(25)24(11-10-22-19)16-8-9-18(26-2)17(21)12-16/h3-12,14H,13H2,1-2H3,(H,22,23). The van der Waals surface area contributed by atoms with E-state index in [2.05, 4.69) is 29.4 Å². The Balaban J connectivity index is 1.81. The monoisotopic (exact) mass is 369 g/mol. The lowest BCUT2D eigenvalue weighted by Gasteiger charge is -2.14. The van der Waals surface area contributed by atoms with Crippen molar-refractivity contribution in [2.45, 2.75) is 12.8 Å². The third-order valence-electron chi connectivity index (χ3n) is 4.20. The van der Waals surface area contributed by atoms with Crippen LogP contribution in [0.1, 0.15) is 18.4 Å². The predicted molar refractivity (Wildman–Crippen MR) is 105 cm³/mol. The molecule has 6 heteroatoms. The van der Waals surface area contributed by atoms with Crippen LogP contribution < -0.4 is 15.6 Å². The average Bonchev–Trinajstić information content (AvgIpc) is 2.67. The number of benzene rings is 2. The largest absolute Gasteiger partial charge is 0.495 e. The molecule has 1 unspecified atom stereocenters. The maximum Gasteiger partial charge on any atom is 0.297 e. The number of anilines is 1. The van der Waals surface area contributed by atoms with Gasteiger partial charge in [0.15, 0.2) is 5.82 Å². The Morgan fingerprint density at radius 2 is 2.00 bits per heavy atom. The fourth-order valence-corrected chi connectivity index (χ4v) is 2.94. The zero-order valence-electron chi connectivity index (χ0n) is 14.6. The minimum Gasteiger partial charge on any atom is -0.495 e. The quantitative estimate of drug-likeness (QED) is 0.710. The second-order valence-corrected chi connectivity index (χ2v) is 6.37. The molecule has 1 heterocycles. The number of hydrogen-bond acceptors (Lipinski definition) is 4. The summed E-state index contributed by atoms with van der Waals surface area (Å²) in [4.78, 5) is 16.9. The molecule has 0 aliphatic rings. The van der Waals surface area contributed by atoms with Gasteiger partial charge in [-0.2, -0.15) is 0 Å². The highest BCUT2D eigenvalue weighted by molar-refractivity contribution is 6.32. The van der Waals surface area contributed by atoms with Crippen LogP contribution in [0.3, 0.4) is 0 Å². The molecular weight excluding hydrogens is 350 g/mol. The van der Waals surface area contributed by atoms with Crippen LogP contribution in [0.5, 0.6) is 5.75 Å². The molecule has 1 N–H and O–H groups in total. The van der Waals surface area contributed by atoms with E-state index in [1.165, 1.54) is 10.1 Å². The van der Waals surface area contributed by atoms with E-state index in [4.69, 9.17) is 16.3 Å². The minimum atomic E-state index is -0.228. The maximum atomic E-state index is 12.7. The summed E-state index contributed by atoms with van der Waals surface area (Å²) >= 11 is 6.17. The summed E-state index contributed by atoms with van der Waals surface area (Å²) in [6.45, 7) is 2.71. The molecule has 0 aliphatic carbocycles. The summed E-state index contributed by atoms with van der Waals surface area (Å²) in [5.41, 5.74) is 1.63. The summed E-state index contributed by atoms with van der Waals surface area (Å²) in [6.07, 6.45) is 3.21. The molecule has 0 aliphatic heterocycles. The first-order valence-electron chi connectivity index (χ1n) is 8.30. The summed E-state index contributed by atoms with van der Waals surface area (Å²) in [6, 6.07) is 15.3. The molecule has 1 aromatic heterocycles. The van der Waals surface area contributed by atoms with E-state index in [1.54, 1.807) is 37.7 Å². The van der Waals surface area contributed by atoms with Gasteiger partial charge in [-0.1, -0.05) is 48.9 Å². The Hall–Kier alpha value is -2.79. The number of methoxy groups -OCH3 is 1. The first-order valence-corrected chi connectivity index (χ1v) is 8.68. The lowest BCUT2D eigenvalue weighted by atomic mass is 10.0. The highest BCUT2D eigenvalue weighted by Crippen LogP contribution is 2.26. The van der Waals surface area contributed by atoms with E-state index in [0.29, 0.717) is 28.8 Å². The van der Waals surface area contributed by atoms with Crippen molar-refractivity contribution in [3.05, 3.63) is 81.9 Å². The normalized spacial score (nSPS) is 11.8. The SMILES string of the molecule is COc1ccc(-n2ccnc(NCC(C)c3ccccc3)c2=O)cc1Cl. The molecule has 0 bridgehead atoms. The van der Waals surface area contributed by atoms with Crippen molar-refractivity contribution in [2.24, 2.45) is 0 Å². The molecule has 134 valence electrons. The molecule has 5 nitrogen and oxygen atoms in total. The van der Waals surface area contributed by atoms with Crippen molar-refractivity contribution in [1.82, 2.24) is 9.55 Å². The Bertz CT molecular complexity index is 941. The van der Waals surface area contributed by atoms with Crippen LogP contribution in [0.25, 0.3) is 5.69 Å². The summed E-state index contributed by atoms with van der Waals surface area (Å²) in [7, 11) is 1.55. The van der Waals surface area contributed by atoms with Gasteiger partial charge in [-0.15, -0.1) is 0 Å². The van der Waals surface area contributed by atoms with Crippen LogP contribution in [0, 0.1) is 0 Å². The van der Waals surface area contributed by atoms with Gasteiger partial charge >= 0.3 is 0 Å². The zero-order valence-corrected chi connectivity index (χ0v) is 15.4. The zero-order chi connectivity index (χ0) is 18.5. The molecule has 0 amide bonds. The van der Waals surface area contributed by atoms with Gasteiger partial charge in [-0.3, -0.25) is 9.36 Å². The Morgan fingerprint density at radius 1 is 1.23 bits per heavy atom. The van der Waals surface area contributed by atoms with Gasteiger partial charge in [0.05, 0.1) is 17.8 Å². The van der Waals surface area contributed by atoms with Crippen molar-refractivity contribution >= 4 is 17.4 Å². The number of nitrogens with one attached hydrogen (secondary N) is 1. The predicted octanol–water partition coefficient (Wildman–Crippen LogP) is 4.11. The number of halogens is 1. The number of nitrogens with zero attached hydrogens (tertiary/aromatic N) is 2. The minimum absolute atomic E-state index is 0.228. The van der Waals surface area contributed by atoms with Gasteiger partial charge in [0.1, 0.15) is 5.75 Å². The van der Waals surface area contributed by atoms with Crippen molar-refractivity contribution < 1.29 is 4.74 Å². The highest BCUT2D eigenvalue weighted by Gasteiger charge is 2.11. The molecule has 2 aromatic carbocycles. The molecule has 3 aromatic rings. The lowest BCUT2D eigenvalue weighted by molar-refractivity contribution is 0.415. The summed E-state index contributed by atoms with van der Waals surface area (Å²) in [5.74, 6) is 1.12. The van der Waals surface area contributed by atoms with E-state index >= 15 is 0 Å².